The van der Waals surface area contributed by atoms with Gasteiger partial charge in [0.25, 0.3) is 0 Å². The van der Waals surface area contributed by atoms with E-state index < -0.39 is 14.0 Å². The molecule has 0 saturated heterocycles. The molecule has 0 spiro atoms. The van der Waals surface area contributed by atoms with E-state index in [0.29, 0.717) is 12.8 Å². The Morgan fingerprint density at radius 3 is 2.53 bits per heavy atom. The average Bonchev–Trinajstić information content (AvgIpc) is 2.07. The zero-order valence-corrected chi connectivity index (χ0v) is 10.4. The van der Waals surface area contributed by atoms with E-state index in [9.17, 15) is 4.79 Å². The number of hydrogen-bond donors (Lipinski definition) is 1. The van der Waals surface area contributed by atoms with Crippen molar-refractivity contribution in [1.29, 1.82) is 0 Å². The molecule has 0 radical (unpaired) electrons. The molecule has 0 unspecified atom stereocenters. The van der Waals surface area contributed by atoms with E-state index in [2.05, 4.69) is 42.9 Å². The monoisotopic (exact) mass is 220 g/mol. The smallest absolute Gasteiger partial charge is 0.327 e. The molecule has 0 amide bonds. The van der Waals surface area contributed by atoms with Crippen molar-refractivity contribution in [3.8, 4) is 23.3 Å². The van der Waals surface area contributed by atoms with Crippen molar-refractivity contribution in [2.45, 2.75) is 32.5 Å². The highest BCUT2D eigenvalue weighted by molar-refractivity contribution is 6.83. The minimum absolute atomic E-state index is 0.657. The molecule has 0 bridgehead atoms. The van der Waals surface area contributed by atoms with E-state index >= 15 is 0 Å². The van der Waals surface area contributed by atoms with Gasteiger partial charge in [0.2, 0.25) is 0 Å². The predicted molar refractivity (Wildman–Crippen MR) is 64.9 cm³/mol. The van der Waals surface area contributed by atoms with Gasteiger partial charge < -0.3 is 5.11 Å². The van der Waals surface area contributed by atoms with E-state index in [1.165, 1.54) is 0 Å². The summed E-state index contributed by atoms with van der Waals surface area (Å²) in [6, 6.07) is 0. The van der Waals surface area contributed by atoms with Gasteiger partial charge in [-0.2, -0.15) is 0 Å². The summed E-state index contributed by atoms with van der Waals surface area (Å²) in [5, 5.41) is 8.30. The molecule has 0 aliphatic heterocycles. The van der Waals surface area contributed by atoms with Crippen molar-refractivity contribution in [3.05, 3.63) is 12.2 Å². The van der Waals surface area contributed by atoms with Crippen LogP contribution in [0.15, 0.2) is 12.2 Å². The first-order valence-corrected chi connectivity index (χ1v) is 8.31. The largest absolute Gasteiger partial charge is 0.478 e. The second-order valence-electron chi connectivity index (χ2n) is 4.08. The topological polar surface area (TPSA) is 37.3 Å². The van der Waals surface area contributed by atoms with E-state index in [0.717, 1.165) is 6.08 Å². The molecule has 0 aromatic rings. The van der Waals surface area contributed by atoms with Gasteiger partial charge in [-0.1, -0.05) is 31.6 Å². The second-order valence-corrected chi connectivity index (χ2v) is 8.83. The zero-order valence-electron chi connectivity index (χ0n) is 9.42. The lowest BCUT2D eigenvalue weighted by molar-refractivity contribution is -0.131. The van der Waals surface area contributed by atoms with Gasteiger partial charge in [0.15, 0.2) is 0 Å². The van der Waals surface area contributed by atoms with Crippen molar-refractivity contribution in [3.63, 3.8) is 0 Å². The summed E-state index contributed by atoms with van der Waals surface area (Å²) in [6.45, 7) is 6.49. The minimum atomic E-state index is -1.30. The van der Waals surface area contributed by atoms with Crippen LogP contribution in [0.3, 0.4) is 0 Å². The molecule has 15 heavy (non-hydrogen) atoms. The van der Waals surface area contributed by atoms with Gasteiger partial charge >= 0.3 is 5.97 Å². The summed E-state index contributed by atoms with van der Waals surface area (Å²) in [5.41, 5.74) is 3.13. The van der Waals surface area contributed by atoms with Crippen LogP contribution in [0.5, 0.6) is 0 Å². The van der Waals surface area contributed by atoms with Crippen LogP contribution < -0.4 is 0 Å². The lowest BCUT2D eigenvalue weighted by Crippen LogP contribution is -2.16. The Morgan fingerprint density at radius 1 is 1.33 bits per heavy atom. The van der Waals surface area contributed by atoms with Crippen molar-refractivity contribution < 1.29 is 9.90 Å². The Morgan fingerprint density at radius 2 is 2.00 bits per heavy atom. The van der Waals surface area contributed by atoms with Crippen LogP contribution in [0.2, 0.25) is 19.6 Å². The number of hydrogen-bond acceptors (Lipinski definition) is 1. The molecular weight excluding hydrogens is 204 g/mol. The fourth-order valence-corrected chi connectivity index (χ4v) is 1.10. The Labute approximate surface area is 92.4 Å². The standard InChI is InChI=1S/C12H16O2Si/c1-15(2,3)11-9-7-5-4-6-8-10-12(13)14/h8,10H,4,6H2,1-3H3,(H,13,14)/b10-8+. The first kappa shape index (κ1) is 13.5. The molecule has 2 nitrogen and oxygen atoms in total. The maximum atomic E-state index is 10.1. The first-order valence-electron chi connectivity index (χ1n) is 4.81. The van der Waals surface area contributed by atoms with Crippen molar-refractivity contribution in [1.82, 2.24) is 0 Å². The minimum Gasteiger partial charge on any atom is -0.478 e. The Kier molecular flexibility index (Phi) is 6.25. The van der Waals surface area contributed by atoms with Crippen LogP contribution in [0.4, 0.5) is 0 Å². The number of allylic oxidation sites excluding steroid dienone is 1. The first-order chi connectivity index (χ1) is 6.92. The Hall–Kier alpha value is -1.45. The summed E-state index contributed by atoms with van der Waals surface area (Å²) >= 11 is 0. The fraction of sp³-hybridized carbons (Fsp3) is 0.417. The van der Waals surface area contributed by atoms with E-state index in [-0.39, 0.29) is 0 Å². The van der Waals surface area contributed by atoms with E-state index in [4.69, 9.17) is 5.11 Å². The molecular formula is C12H16O2Si. The highest BCUT2D eigenvalue weighted by Crippen LogP contribution is 1.95. The Balaban J connectivity index is 3.82. The number of carbonyl (C=O) groups is 1. The fourth-order valence-electron chi connectivity index (χ4n) is 0.665. The molecule has 0 fully saturated rings. The summed E-state index contributed by atoms with van der Waals surface area (Å²) in [4.78, 5) is 10.1. The van der Waals surface area contributed by atoms with E-state index in [1.807, 2.05) is 0 Å². The molecule has 0 heterocycles. The highest BCUT2D eigenvalue weighted by atomic mass is 28.3. The van der Waals surface area contributed by atoms with E-state index in [1.54, 1.807) is 6.08 Å². The maximum absolute atomic E-state index is 10.1. The maximum Gasteiger partial charge on any atom is 0.327 e. The van der Waals surface area contributed by atoms with Gasteiger partial charge in [0.1, 0.15) is 8.07 Å². The third kappa shape index (κ3) is 12.5. The van der Waals surface area contributed by atoms with Gasteiger partial charge in [0.05, 0.1) is 0 Å². The van der Waals surface area contributed by atoms with Crippen molar-refractivity contribution >= 4 is 14.0 Å². The van der Waals surface area contributed by atoms with Crippen molar-refractivity contribution in [2.75, 3.05) is 0 Å². The number of unbranched alkanes of at least 4 members (excludes halogenated alkanes) is 1. The summed E-state index contributed by atoms with van der Waals surface area (Å²) in [5.74, 6) is 7.58. The van der Waals surface area contributed by atoms with Crippen LogP contribution in [0.1, 0.15) is 12.8 Å². The van der Waals surface area contributed by atoms with Gasteiger partial charge in [-0.3, -0.25) is 0 Å². The molecule has 0 saturated carbocycles. The molecule has 0 aliphatic rings. The highest BCUT2D eigenvalue weighted by Gasteiger charge is 2.06. The van der Waals surface area contributed by atoms with Gasteiger partial charge in [0, 0.05) is 12.5 Å². The average molecular weight is 220 g/mol. The number of carboxylic acids is 1. The summed E-state index contributed by atoms with van der Waals surface area (Å²) in [6.07, 6.45) is 4.05. The quantitative estimate of drug-likeness (QED) is 0.343. The summed E-state index contributed by atoms with van der Waals surface area (Å²) in [7, 11) is -1.30. The normalized spacial score (nSPS) is 10.1. The van der Waals surface area contributed by atoms with Crippen LogP contribution in [0, 0.1) is 23.3 Å². The number of carboxylic acid groups (broad SMARTS) is 1. The lowest BCUT2D eigenvalue weighted by Gasteiger charge is -2.01. The Bertz CT molecular complexity index is 353. The molecule has 0 aromatic carbocycles. The third-order valence-corrected chi connectivity index (χ3v) is 2.16. The van der Waals surface area contributed by atoms with Gasteiger partial charge in [-0.05, 0) is 18.3 Å². The molecule has 0 atom stereocenters. The van der Waals surface area contributed by atoms with Crippen LogP contribution in [-0.2, 0) is 4.79 Å². The lowest BCUT2D eigenvalue weighted by atomic mass is 10.3. The van der Waals surface area contributed by atoms with Gasteiger partial charge in [-0.15, -0.1) is 5.54 Å². The zero-order chi connectivity index (χ0) is 11.7. The van der Waals surface area contributed by atoms with Crippen LogP contribution in [-0.4, -0.2) is 19.1 Å². The second kappa shape index (κ2) is 6.92. The molecule has 0 aliphatic carbocycles. The SMILES string of the molecule is C[Si](C)(C)C#CC#CCC/C=C/C(=O)O. The molecule has 0 rings (SSSR count). The molecule has 0 aromatic heterocycles. The molecule has 3 heteroatoms. The third-order valence-electron chi connectivity index (χ3n) is 1.28. The van der Waals surface area contributed by atoms with Crippen LogP contribution >= 0.6 is 0 Å². The molecule has 80 valence electrons. The van der Waals surface area contributed by atoms with Gasteiger partial charge in [-0.25, -0.2) is 4.79 Å². The van der Waals surface area contributed by atoms with Crippen molar-refractivity contribution in [2.24, 2.45) is 0 Å². The number of rotatable bonds is 3. The summed E-state index contributed by atoms with van der Waals surface area (Å²) < 4.78 is 0. The number of aliphatic carboxylic acids is 1. The molecule has 1 N–H and O–H groups in total. The predicted octanol–water partition coefficient (Wildman–Crippen LogP) is 2.29. The van der Waals surface area contributed by atoms with Crippen LogP contribution in [0.25, 0.3) is 0 Å².